The van der Waals surface area contributed by atoms with Gasteiger partial charge in [-0.25, -0.2) is 4.79 Å². The standard InChI is InChI=1S/C25H18F3NO3/c1-31-21-7-3-6-19(15-21)23-22(29-24(30)32-23)18-5-2-4-17(14-18)9-8-16-10-12-20(13-11-16)25(26,27)28/h2-7,10-15,22-23H,1H3,(H,29,30)/t22-,23-/m1/s1. The SMILES string of the molecule is COc1cccc([C@H]2OC(=O)N[C@@H]2c2cccc(C#Cc3ccc(C(F)(F)F)cc3)c2)c1. The van der Waals surface area contributed by atoms with Crippen molar-refractivity contribution < 1.29 is 27.4 Å². The summed E-state index contributed by atoms with van der Waals surface area (Å²) in [6.07, 6.45) is -5.45. The van der Waals surface area contributed by atoms with Gasteiger partial charge in [-0.2, -0.15) is 13.2 Å². The predicted molar refractivity (Wildman–Crippen MR) is 112 cm³/mol. The Labute approximate surface area is 183 Å². The molecule has 1 aliphatic heterocycles. The fraction of sp³-hybridized carbons (Fsp3) is 0.160. The van der Waals surface area contributed by atoms with Crippen molar-refractivity contribution in [2.24, 2.45) is 0 Å². The van der Waals surface area contributed by atoms with Gasteiger partial charge in [-0.15, -0.1) is 0 Å². The van der Waals surface area contributed by atoms with Gasteiger partial charge in [-0.1, -0.05) is 36.1 Å². The molecule has 1 amide bonds. The van der Waals surface area contributed by atoms with Gasteiger partial charge in [0.15, 0.2) is 6.10 Å². The van der Waals surface area contributed by atoms with E-state index in [0.717, 1.165) is 23.3 Å². The highest BCUT2D eigenvalue weighted by Gasteiger charge is 2.36. The van der Waals surface area contributed by atoms with Gasteiger partial charge in [0.25, 0.3) is 0 Å². The van der Waals surface area contributed by atoms with E-state index >= 15 is 0 Å². The number of rotatable bonds is 3. The number of amides is 1. The molecular formula is C25H18F3NO3. The molecule has 1 fully saturated rings. The minimum Gasteiger partial charge on any atom is -0.497 e. The zero-order valence-corrected chi connectivity index (χ0v) is 16.9. The van der Waals surface area contributed by atoms with Crippen LogP contribution in [0.5, 0.6) is 5.75 Å². The van der Waals surface area contributed by atoms with Gasteiger partial charge >= 0.3 is 12.3 Å². The second-order valence-corrected chi connectivity index (χ2v) is 7.18. The molecule has 162 valence electrons. The van der Waals surface area contributed by atoms with Crippen molar-refractivity contribution in [2.45, 2.75) is 18.3 Å². The second-order valence-electron chi connectivity index (χ2n) is 7.18. The van der Waals surface area contributed by atoms with Crippen molar-refractivity contribution in [3.8, 4) is 17.6 Å². The summed E-state index contributed by atoms with van der Waals surface area (Å²) in [5.41, 5.74) is 1.99. The number of nitrogens with one attached hydrogen (secondary N) is 1. The lowest BCUT2D eigenvalue weighted by Gasteiger charge is -2.18. The first-order valence-corrected chi connectivity index (χ1v) is 9.74. The first-order chi connectivity index (χ1) is 15.3. The van der Waals surface area contributed by atoms with E-state index in [1.54, 1.807) is 25.3 Å². The molecule has 1 saturated heterocycles. The lowest BCUT2D eigenvalue weighted by Crippen LogP contribution is -2.19. The van der Waals surface area contributed by atoms with Gasteiger partial charge in [0, 0.05) is 11.1 Å². The maximum absolute atomic E-state index is 12.7. The van der Waals surface area contributed by atoms with E-state index in [-0.39, 0.29) is 0 Å². The minimum atomic E-state index is -4.38. The lowest BCUT2D eigenvalue weighted by atomic mass is 9.95. The van der Waals surface area contributed by atoms with Gasteiger partial charge in [-0.3, -0.25) is 0 Å². The molecule has 0 saturated carbocycles. The number of carbonyl (C=O) groups excluding carboxylic acids is 1. The Kier molecular flexibility index (Phi) is 5.78. The lowest BCUT2D eigenvalue weighted by molar-refractivity contribution is -0.137. The fourth-order valence-electron chi connectivity index (χ4n) is 3.45. The van der Waals surface area contributed by atoms with Crippen molar-refractivity contribution in [3.05, 3.63) is 101 Å². The Morgan fingerprint density at radius 2 is 1.59 bits per heavy atom. The molecular weight excluding hydrogens is 419 g/mol. The average Bonchev–Trinajstić information content (AvgIpc) is 3.19. The van der Waals surface area contributed by atoms with Crippen LogP contribution in [0.15, 0.2) is 72.8 Å². The van der Waals surface area contributed by atoms with Crippen LogP contribution in [0.2, 0.25) is 0 Å². The quantitative estimate of drug-likeness (QED) is 0.540. The summed E-state index contributed by atoms with van der Waals surface area (Å²) in [6, 6.07) is 18.8. The molecule has 1 N–H and O–H groups in total. The van der Waals surface area contributed by atoms with Crippen molar-refractivity contribution in [1.29, 1.82) is 0 Å². The monoisotopic (exact) mass is 437 g/mol. The largest absolute Gasteiger partial charge is 0.497 e. The Balaban J connectivity index is 1.58. The molecule has 3 aromatic rings. The van der Waals surface area contributed by atoms with Crippen molar-refractivity contribution in [3.63, 3.8) is 0 Å². The molecule has 0 radical (unpaired) electrons. The van der Waals surface area contributed by atoms with Crippen LogP contribution in [0.4, 0.5) is 18.0 Å². The van der Waals surface area contributed by atoms with Crippen LogP contribution in [0.1, 0.15) is 40.0 Å². The Bertz CT molecular complexity index is 1190. The van der Waals surface area contributed by atoms with Gasteiger partial charge in [0.1, 0.15) is 5.75 Å². The normalized spacial score (nSPS) is 17.7. The number of ether oxygens (including phenoxy) is 2. The maximum atomic E-state index is 12.7. The molecule has 4 rings (SSSR count). The number of benzene rings is 3. The van der Waals surface area contributed by atoms with E-state index in [1.807, 2.05) is 30.3 Å². The van der Waals surface area contributed by atoms with Gasteiger partial charge < -0.3 is 14.8 Å². The average molecular weight is 437 g/mol. The summed E-state index contributed by atoms with van der Waals surface area (Å²) in [4.78, 5) is 12.0. The van der Waals surface area contributed by atoms with Gasteiger partial charge in [0.05, 0.1) is 18.7 Å². The van der Waals surface area contributed by atoms with Crippen LogP contribution >= 0.6 is 0 Å². The third-order valence-corrected chi connectivity index (χ3v) is 5.04. The number of carbonyl (C=O) groups is 1. The highest BCUT2D eigenvalue weighted by Crippen LogP contribution is 2.38. The number of methoxy groups -OCH3 is 1. The van der Waals surface area contributed by atoms with Crippen molar-refractivity contribution >= 4 is 6.09 Å². The molecule has 7 heteroatoms. The third-order valence-electron chi connectivity index (χ3n) is 5.04. The minimum absolute atomic E-state index is 0.428. The van der Waals surface area contributed by atoms with Crippen LogP contribution in [-0.2, 0) is 10.9 Å². The molecule has 2 atom stereocenters. The predicted octanol–water partition coefficient (Wildman–Crippen LogP) is 5.64. The van der Waals surface area contributed by atoms with E-state index < -0.39 is 30.0 Å². The van der Waals surface area contributed by atoms with E-state index in [1.165, 1.54) is 12.1 Å². The first kappa shape index (κ1) is 21.3. The molecule has 3 aromatic carbocycles. The molecule has 0 aliphatic carbocycles. The summed E-state index contributed by atoms with van der Waals surface area (Å²) in [7, 11) is 1.56. The van der Waals surface area contributed by atoms with Crippen LogP contribution in [0, 0.1) is 11.8 Å². The summed E-state index contributed by atoms with van der Waals surface area (Å²) < 4.78 is 48.9. The van der Waals surface area contributed by atoms with E-state index in [0.29, 0.717) is 16.9 Å². The Morgan fingerprint density at radius 1 is 0.906 bits per heavy atom. The number of hydrogen-bond acceptors (Lipinski definition) is 3. The van der Waals surface area contributed by atoms with E-state index in [4.69, 9.17) is 9.47 Å². The maximum Gasteiger partial charge on any atom is 0.416 e. The number of alkyl carbamates (subject to hydrolysis) is 1. The van der Waals surface area contributed by atoms with Crippen molar-refractivity contribution in [1.82, 2.24) is 5.32 Å². The molecule has 1 aliphatic rings. The summed E-state index contributed by atoms with van der Waals surface area (Å²) in [6.45, 7) is 0. The second kappa shape index (κ2) is 8.67. The van der Waals surface area contributed by atoms with Gasteiger partial charge in [-0.05, 0) is 59.7 Å². The number of hydrogen-bond donors (Lipinski definition) is 1. The Morgan fingerprint density at radius 3 is 2.31 bits per heavy atom. The topological polar surface area (TPSA) is 47.6 Å². The smallest absolute Gasteiger partial charge is 0.416 e. The zero-order valence-electron chi connectivity index (χ0n) is 16.9. The van der Waals surface area contributed by atoms with Crippen LogP contribution in [0.25, 0.3) is 0 Å². The molecule has 0 spiro atoms. The molecule has 0 bridgehead atoms. The van der Waals surface area contributed by atoms with E-state index in [9.17, 15) is 18.0 Å². The third kappa shape index (κ3) is 4.70. The summed E-state index contributed by atoms with van der Waals surface area (Å²) in [5, 5.41) is 2.82. The zero-order chi connectivity index (χ0) is 22.7. The molecule has 4 nitrogen and oxygen atoms in total. The van der Waals surface area contributed by atoms with Gasteiger partial charge in [0.2, 0.25) is 0 Å². The van der Waals surface area contributed by atoms with Crippen LogP contribution < -0.4 is 10.1 Å². The highest BCUT2D eigenvalue weighted by atomic mass is 19.4. The molecule has 1 heterocycles. The fourth-order valence-corrected chi connectivity index (χ4v) is 3.45. The highest BCUT2D eigenvalue weighted by molar-refractivity contribution is 5.71. The Hall–Kier alpha value is -3.92. The van der Waals surface area contributed by atoms with Crippen molar-refractivity contribution in [2.75, 3.05) is 7.11 Å². The summed E-state index contributed by atoms with van der Waals surface area (Å²) >= 11 is 0. The number of halogens is 3. The van der Waals surface area contributed by atoms with Crippen LogP contribution in [0.3, 0.4) is 0 Å². The number of alkyl halides is 3. The number of cyclic esters (lactones) is 1. The summed E-state index contributed by atoms with van der Waals surface area (Å²) in [5.74, 6) is 6.49. The van der Waals surface area contributed by atoms with Crippen LogP contribution in [-0.4, -0.2) is 13.2 Å². The van der Waals surface area contributed by atoms with E-state index in [2.05, 4.69) is 17.2 Å². The molecule has 32 heavy (non-hydrogen) atoms. The molecule has 0 unspecified atom stereocenters. The molecule has 0 aromatic heterocycles. The first-order valence-electron chi connectivity index (χ1n) is 9.74.